The van der Waals surface area contributed by atoms with Crippen LogP contribution in [0.5, 0.6) is 0 Å². The van der Waals surface area contributed by atoms with E-state index in [9.17, 15) is 18.9 Å². The number of anilines is 1. The Morgan fingerprint density at radius 1 is 1.52 bits per heavy atom. The van der Waals surface area contributed by atoms with Gasteiger partial charge < -0.3 is 10.2 Å². The van der Waals surface area contributed by atoms with Crippen LogP contribution in [0.3, 0.4) is 0 Å². The summed E-state index contributed by atoms with van der Waals surface area (Å²) in [5.74, 6) is 0. The molecule has 0 aliphatic carbocycles. The largest absolute Gasteiger partial charge is 0.367 e. The van der Waals surface area contributed by atoms with Crippen molar-refractivity contribution in [3.63, 3.8) is 0 Å². The lowest BCUT2D eigenvalue weighted by Gasteiger charge is -2.36. The maximum atomic E-state index is 13.3. The van der Waals surface area contributed by atoms with Crippen molar-refractivity contribution in [2.24, 2.45) is 0 Å². The number of nitrogens with one attached hydrogen (secondary N) is 1. The van der Waals surface area contributed by atoms with Crippen molar-refractivity contribution in [3.05, 3.63) is 33.9 Å². The molecular weight excluding hydrogens is 280 g/mol. The Hall–Kier alpha value is -1.76. The fraction of sp³-hybridized carbons (Fsp3) is 0.571. The van der Waals surface area contributed by atoms with Gasteiger partial charge in [0.05, 0.1) is 4.92 Å². The van der Waals surface area contributed by atoms with Crippen LogP contribution in [0.1, 0.15) is 31.8 Å². The smallest absolute Gasteiger partial charge is 0.270 e. The van der Waals surface area contributed by atoms with Crippen LogP contribution in [0.4, 0.5) is 20.2 Å². The van der Waals surface area contributed by atoms with E-state index >= 15 is 0 Å². The number of nitro groups is 1. The van der Waals surface area contributed by atoms with Crippen LogP contribution >= 0.6 is 0 Å². The molecule has 1 atom stereocenters. The highest BCUT2D eigenvalue weighted by Crippen LogP contribution is 2.34. The van der Waals surface area contributed by atoms with E-state index in [-0.39, 0.29) is 17.3 Å². The van der Waals surface area contributed by atoms with E-state index in [2.05, 4.69) is 5.32 Å². The van der Waals surface area contributed by atoms with Gasteiger partial charge in [0.25, 0.3) is 12.1 Å². The lowest BCUT2D eigenvalue weighted by atomic mass is 10.0. The molecule has 0 amide bonds. The number of alkyl halides is 2. The van der Waals surface area contributed by atoms with Gasteiger partial charge in [0.2, 0.25) is 0 Å². The van der Waals surface area contributed by atoms with E-state index in [1.54, 1.807) is 0 Å². The van der Waals surface area contributed by atoms with Crippen molar-refractivity contribution in [2.75, 3.05) is 24.5 Å². The van der Waals surface area contributed by atoms with Crippen LogP contribution in [0.15, 0.2) is 18.2 Å². The van der Waals surface area contributed by atoms with Crippen LogP contribution in [0.2, 0.25) is 0 Å². The minimum atomic E-state index is -2.73. The molecule has 1 N–H and O–H groups in total. The molecule has 0 radical (unpaired) electrons. The van der Waals surface area contributed by atoms with Crippen molar-refractivity contribution in [1.82, 2.24) is 5.32 Å². The molecule has 0 saturated carbocycles. The van der Waals surface area contributed by atoms with Crippen molar-refractivity contribution >= 4 is 11.4 Å². The Morgan fingerprint density at radius 2 is 2.29 bits per heavy atom. The van der Waals surface area contributed by atoms with E-state index in [1.807, 2.05) is 11.8 Å². The summed E-state index contributed by atoms with van der Waals surface area (Å²) < 4.78 is 26.5. The highest BCUT2D eigenvalue weighted by Gasteiger charge is 2.26. The second-order valence-corrected chi connectivity index (χ2v) is 5.09. The van der Waals surface area contributed by atoms with Crippen LogP contribution in [0, 0.1) is 10.1 Å². The van der Waals surface area contributed by atoms with E-state index in [0.29, 0.717) is 12.2 Å². The normalized spacial score (nSPS) is 18.8. The standard InChI is InChI=1S/C14H19F2N3O2/c1-2-18(11-4-3-7-17-9-11)13-6-5-10(19(20)21)8-12(13)14(15)16/h5-6,8,11,14,17H,2-4,7,9H2,1H3. The summed E-state index contributed by atoms with van der Waals surface area (Å²) in [4.78, 5) is 12.0. The molecule has 116 valence electrons. The minimum Gasteiger partial charge on any atom is -0.367 e. The quantitative estimate of drug-likeness (QED) is 0.670. The first kappa shape index (κ1) is 15.6. The van der Waals surface area contributed by atoms with Crippen LogP contribution in [-0.4, -0.2) is 30.6 Å². The predicted molar refractivity (Wildman–Crippen MR) is 77.0 cm³/mol. The molecule has 5 nitrogen and oxygen atoms in total. The maximum absolute atomic E-state index is 13.3. The van der Waals surface area contributed by atoms with Gasteiger partial charge in [-0.05, 0) is 32.4 Å². The molecule has 7 heteroatoms. The molecule has 0 spiro atoms. The number of halogens is 2. The minimum absolute atomic E-state index is 0.141. The summed E-state index contributed by atoms with van der Waals surface area (Å²) in [7, 11) is 0. The van der Waals surface area contributed by atoms with Crippen LogP contribution in [0.25, 0.3) is 0 Å². The number of hydrogen-bond acceptors (Lipinski definition) is 4. The number of nitrogens with zero attached hydrogens (tertiary/aromatic N) is 2. The van der Waals surface area contributed by atoms with Gasteiger partial charge in [0.15, 0.2) is 0 Å². The molecule has 1 aliphatic rings. The maximum Gasteiger partial charge on any atom is 0.270 e. The fourth-order valence-electron chi connectivity index (χ4n) is 2.82. The molecule has 1 saturated heterocycles. The molecule has 1 unspecified atom stereocenters. The third-order valence-electron chi connectivity index (χ3n) is 3.82. The summed E-state index contributed by atoms with van der Waals surface area (Å²) in [5, 5.41) is 14.0. The van der Waals surface area contributed by atoms with E-state index in [4.69, 9.17) is 0 Å². The number of non-ortho nitro benzene ring substituents is 1. The Kier molecular flexibility index (Phi) is 5.06. The van der Waals surface area contributed by atoms with Gasteiger partial charge >= 0.3 is 0 Å². The third-order valence-corrected chi connectivity index (χ3v) is 3.82. The summed E-state index contributed by atoms with van der Waals surface area (Å²) in [6, 6.07) is 3.86. The topological polar surface area (TPSA) is 58.4 Å². The van der Waals surface area contributed by atoms with Gasteiger partial charge in [-0.1, -0.05) is 0 Å². The first-order valence-electron chi connectivity index (χ1n) is 7.08. The molecule has 0 aromatic heterocycles. The second-order valence-electron chi connectivity index (χ2n) is 5.09. The number of rotatable bonds is 5. The zero-order chi connectivity index (χ0) is 15.4. The molecule has 0 bridgehead atoms. The van der Waals surface area contributed by atoms with E-state index in [0.717, 1.165) is 32.0 Å². The average molecular weight is 299 g/mol. The zero-order valence-corrected chi connectivity index (χ0v) is 11.9. The van der Waals surface area contributed by atoms with Gasteiger partial charge in [-0.15, -0.1) is 0 Å². The van der Waals surface area contributed by atoms with Crippen molar-refractivity contribution < 1.29 is 13.7 Å². The number of likely N-dealkylation sites (N-methyl/N-ethyl adjacent to an activating group) is 1. The molecule has 21 heavy (non-hydrogen) atoms. The summed E-state index contributed by atoms with van der Waals surface area (Å²) in [6.45, 7) is 4.18. The molecule has 1 aromatic rings. The Bertz CT molecular complexity index is 505. The highest BCUT2D eigenvalue weighted by atomic mass is 19.3. The summed E-state index contributed by atoms with van der Waals surface area (Å²) >= 11 is 0. The first-order valence-corrected chi connectivity index (χ1v) is 7.08. The first-order chi connectivity index (χ1) is 10.0. The SMILES string of the molecule is CCN(c1ccc([N+](=O)[O-])cc1C(F)F)C1CCCNC1. The van der Waals surface area contributed by atoms with Crippen molar-refractivity contribution in [3.8, 4) is 0 Å². The Balaban J connectivity index is 2.37. The summed E-state index contributed by atoms with van der Waals surface area (Å²) in [5.41, 5.74) is -0.171. The lowest BCUT2D eigenvalue weighted by molar-refractivity contribution is -0.385. The number of piperidine rings is 1. The highest BCUT2D eigenvalue weighted by molar-refractivity contribution is 5.59. The predicted octanol–water partition coefficient (Wildman–Crippen LogP) is 3.11. The van der Waals surface area contributed by atoms with E-state index in [1.165, 1.54) is 12.1 Å². The second kappa shape index (κ2) is 6.80. The van der Waals surface area contributed by atoms with Gasteiger partial charge in [0.1, 0.15) is 0 Å². The van der Waals surface area contributed by atoms with Gasteiger partial charge in [-0.3, -0.25) is 10.1 Å². The Labute approximate surface area is 122 Å². The number of nitro benzene ring substituents is 1. The van der Waals surface area contributed by atoms with E-state index < -0.39 is 11.3 Å². The van der Waals surface area contributed by atoms with Gasteiger partial charge in [-0.25, -0.2) is 8.78 Å². The summed E-state index contributed by atoms with van der Waals surface area (Å²) in [6.07, 6.45) is -0.802. The molecule has 1 aliphatic heterocycles. The third kappa shape index (κ3) is 3.47. The monoisotopic (exact) mass is 299 g/mol. The molecule has 2 rings (SSSR count). The van der Waals surface area contributed by atoms with Crippen LogP contribution < -0.4 is 10.2 Å². The molecule has 1 heterocycles. The molecule has 1 fully saturated rings. The Morgan fingerprint density at radius 3 is 2.81 bits per heavy atom. The molecule has 1 aromatic carbocycles. The van der Waals surface area contributed by atoms with Crippen molar-refractivity contribution in [1.29, 1.82) is 0 Å². The number of benzene rings is 1. The van der Waals surface area contributed by atoms with Crippen molar-refractivity contribution in [2.45, 2.75) is 32.2 Å². The van der Waals surface area contributed by atoms with Crippen LogP contribution in [-0.2, 0) is 0 Å². The van der Waals surface area contributed by atoms with Gasteiger partial charge in [-0.2, -0.15) is 0 Å². The van der Waals surface area contributed by atoms with Gasteiger partial charge in [0, 0.05) is 42.5 Å². The number of hydrogen-bond donors (Lipinski definition) is 1. The average Bonchev–Trinajstić information content (AvgIpc) is 2.49. The molecular formula is C14H19F2N3O2. The fourth-order valence-corrected chi connectivity index (χ4v) is 2.82. The zero-order valence-electron chi connectivity index (χ0n) is 11.9. The lowest BCUT2D eigenvalue weighted by Crippen LogP contribution is -2.46.